The summed E-state index contributed by atoms with van der Waals surface area (Å²) in [6, 6.07) is 13.7. The monoisotopic (exact) mass is 438 g/mol. The Bertz CT molecular complexity index is 1170. The van der Waals surface area contributed by atoms with Gasteiger partial charge in [-0.05, 0) is 78.3 Å². The normalized spacial score (nSPS) is 21.4. The van der Waals surface area contributed by atoms with Crippen molar-refractivity contribution < 1.29 is 0 Å². The molecule has 1 saturated carbocycles. The van der Waals surface area contributed by atoms with Crippen molar-refractivity contribution in [2.24, 2.45) is 5.73 Å². The summed E-state index contributed by atoms with van der Waals surface area (Å²) in [6.07, 6.45) is 13.5. The van der Waals surface area contributed by atoms with Gasteiger partial charge in [-0.3, -0.25) is 0 Å². The minimum atomic E-state index is 0.338. The van der Waals surface area contributed by atoms with Gasteiger partial charge in [0.25, 0.3) is 0 Å². The van der Waals surface area contributed by atoms with E-state index in [9.17, 15) is 0 Å². The van der Waals surface area contributed by atoms with E-state index in [4.69, 9.17) is 10.7 Å². The number of hydrogen-bond donors (Lipinski definition) is 3. The van der Waals surface area contributed by atoms with Crippen molar-refractivity contribution in [2.45, 2.75) is 69.2 Å². The maximum absolute atomic E-state index is 5.92. The molecule has 4 N–H and O–H groups in total. The van der Waals surface area contributed by atoms with Crippen LogP contribution in [0.15, 0.2) is 49.2 Å². The van der Waals surface area contributed by atoms with E-state index in [1.807, 2.05) is 0 Å². The Morgan fingerprint density at radius 3 is 2.48 bits per heavy atom. The van der Waals surface area contributed by atoms with Crippen molar-refractivity contribution in [3.63, 3.8) is 0 Å². The maximum atomic E-state index is 5.92. The first-order valence-electron chi connectivity index (χ1n) is 12.6. The molecular formula is C29H34N4. The lowest BCUT2D eigenvalue weighted by Crippen LogP contribution is -2.27. The molecule has 1 unspecified atom stereocenters. The van der Waals surface area contributed by atoms with Crippen LogP contribution in [0.4, 0.5) is 0 Å². The van der Waals surface area contributed by atoms with Crippen LogP contribution in [0.25, 0.3) is 28.1 Å². The Morgan fingerprint density at radius 2 is 1.76 bits per heavy atom. The summed E-state index contributed by atoms with van der Waals surface area (Å²) >= 11 is 0. The third kappa shape index (κ3) is 3.52. The summed E-state index contributed by atoms with van der Waals surface area (Å²) in [5.74, 6) is 1.09. The highest BCUT2D eigenvalue weighted by molar-refractivity contribution is 5.79. The fraction of sp³-hybridized carbons (Fsp3) is 0.414. The number of rotatable bonds is 4. The van der Waals surface area contributed by atoms with E-state index in [-0.39, 0.29) is 0 Å². The van der Waals surface area contributed by atoms with Crippen LogP contribution in [-0.4, -0.2) is 16.5 Å². The molecule has 2 aliphatic carbocycles. The average Bonchev–Trinajstić information content (AvgIpc) is 3.61. The van der Waals surface area contributed by atoms with Gasteiger partial charge < -0.3 is 16.0 Å². The lowest BCUT2D eigenvalue weighted by atomic mass is 9.76. The van der Waals surface area contributed by atoms with Gasteiger partial charge in [-0.15, -0.1) is 0 Å². The molecule has 6 rings (SSSR count). The fourth-order valence-corrected chi connectivity index (χ4v) is 6.65. The van der Waals surface area contributed by atoms with E-state index in [1.54, 1.807) is 5.56 Å². The Hall–Kier alpha value is -2.85. The Balaban J connectivity index is 1.44. The average molecular weight is 439 g/mol. The van der Waals surface area contributed by atoms with E-state index in [0.717, 1.165) is 24.4 Å². The number of aromatic nitrogens is 2. The molecule has 0 radical (unpaired) electrons. The summed E-state index contributed by atoms with van der Waals surface area (Å²) < 4.78 is 0. The van der Waals surface area contributed by atoms with Crippen LogP contribution in [0, 0.1) is 0 Å². The van der Waals surface area contributed by atoms with Crippen LogP contribution in [0.3, 0.4) is 0 Å². The van der Waals surface area contributed by atoms with Gasteiger partial charge in [0, 0.05) is 11.3 Å². The molecule has 3 aromatic rings. The van der Waals surface area contributed by atoms with E-state index in [1.165, 1.54) is 79.3 Å². The van der Waals surface area contributed by atoms with Crippen LogP contribution < -0.4 is 11.1 Å². The van der Waals surface area contributed by atoms with Crippen molar-refractivity contribution in [3.05, 3.63) is 71.7 Å². The summed E-state index contributed by atoms with van der Waals surface area (Å²) in [6.45, 7) is 4.98. The smallest absolute Gasteiger partial charge is 0.123 e. The Labute approximate surface area is 196 Å². The third-order valence-corrected chi connectivity index (χ3v) is 8.35. The van der Waals surface area contributed by atoms with Crippen LogP contribution in [0.5, 0.6) is 0 Å². The number of hydrogen-bond acceptors (Lipinski definition) is 3. The van der Waals surface area contributed by atoms with E-state index >= 15 is 0 Å². The fourth-order valence-electron chi connectivity index (χ4n) is 6.65. The third-order valence-electron chi connectivity index (χ3n) is 8.35. The first kappa shape index (κ1) is 20.7. The zero-order valence-electron chi connectivity index (χ0n) is 19.4. The molecule has 2 fully saturated rings. The molecule has 170 valence electrons. The summed E-state index contributed by atoms with van der Waals surface area (Å²) in [5, 5.41) is 3.63. The van der Waals surface area contributed by atoms with Gasteiger partial charge in [0.1, 0.15) is 5.82 Å². The summed E-state index contributed by atoms with van der Waals surface area (Å²) in [7, 11) is 0. The highest BCUT2D eigenvalue weighted by atomic mass is 15.0. The number of nitrogens with two attached hydrogens (primary N) is 1. The van der Waals surface area contributed by atoms with Gasteiger partial charge in [-0.25, -0.2) is 4.98 Å². The highest BCUT2D eigenvalue weighted by Crippen LogP contribution is 2.55. The molecule has 1 aliphatic heterocycles. The maximum Gasteiger partial charge on any atom is 0.123 e. The summed E-state index contributed by atoms with van der Waals surface area (Å²) in [5.41, 5.74) is 16.2. The number of benzene rings is 2. The minimum absolute atomic E-state index is 0.338. The van der Waals surface area contributed by atoms with E-state index in [0.29, 0.717) is 17.2 Å². The van der Waals surface area contributed by atoms with Gasteiger partial charge in [0.15, 0.2) is 0 Å². The largest absolute Gasteiger partial charge is 0.399 e. The van der Waals surface area contributed by atoms with Crippen LogP contribution >= 0.6 is 0 Å². The Morgan fingerprint density at radius 1 is 0.970 bits per heavy atom. The van der Waals surface area contributed by atoms with Crippen molar-refractivity contribution in [1.29, 1.82) is 0 Å². The number of fused-ring (bicyclic) bond motifs is 2. The van der Waals surface area contributed by atoms with Crippen LogP contribution in [0.1, 0.15) is 79.9 Å². The van der Waals surface area contributed by atoms with E-state index in [2.05, 4.69) is 59.5 Å². The van der Waals surface area contributed by atoms with Crippen molar-refractivity contribution in [1.82, 2.24) is 15.3 Å². The number of nitrogens with one attached hydrogen (secondary N) is 2. The molecule has 0 bridgehead atoms. The molecule has 0 amide bonds. The second kappa shape index (κ2) is 8.18. The predicted molar refractivity (Wildman–Crippen MR) is 136 cm³/mol. The molecule has 1 saturated heterocycles. The number of H-pyrrole nitrogens is 1. The van der Waals surface area contributed by atoms with Crippen molar-refractivity contribution in [2.75, 3.05) is 6.54 Å². The van der Waals surface area contributed by atoms with E-state index < -0.39 is 0 Å². The molecule has 4 heteroatoms. The zero-order chi connectivity index (χ0) is 22.4. The standard InChI is InChI=1S/C29H34N4/c1-19(30)20-7-9-21(10-8-20)22-11-12-23(24-13-16-29(27(22)24)14-3-4-15-29)26-18-32-28(33-26)25-6-2-5-17-31-25/h7-12,18,25,31H,1-6,13-17,30H2,(H,32,33). The van der Waals surface area contributed by atoms with Gasteiger partial charge in [0.2, 0.25) is 0 Å². The van der Waals surface area contributed by atoms with Crippen molar-refractivity contribution >= 4 is 5.70 Å². The molecule has 3 aliphatic rings. The second-order valence-corrected chi connectivity index (χ2v) is 10.3. The molecule has 2 aromatic carbocycles. The molecule has 4 nitrogen and oxygen atoms in total. The SMILES string of the molecule is C=C(N)c1ccc(-c2ccc(-c3cnc(C4CCCCN4)[nH]3)c3c2C2(CCCC2)CC3)cc1. The lowest BCUT2D eigenvalue weighted by Gasteiger charge is -2.28. The highest BCUT2D eigenvalue weighted by Gasteiger charge is 2.43. The van der Waals surface area contributed by atoms with Gasteiger partial charge in [0.05, 0.1) is 17.9 Å². The molecule has 2 heterocycles. The number of piperidine rings is 1. The first-order chi connectivity index (χ1) is 16.1. The molecule has 1 aromatic heterocycles. The zero-order valence-corrected chi connectivity index (χ0v) is 19.4. The summed E-state index contributed by atoms with van der Waals surface area (Å²) in [4.78, 5) is 8.49. The topological polar surface area (TPSA) is 66.7 Å². The Kier molecular flexibility index (Phi) is 5.14. The quantitative estimate of drug-likeness (QED) is 0.451. The first-order valence-corrected chi connectivity index (χ1v) is 12.6. The number of aromatic amines is 1. The second-order valence-electron chi connectivity index (χ2n) is 10.3. The van der Waals surface area contributed by atoms with Gasteiger partial charge in [-0.2, -0.15) is 0 Å². The minimum Gasteiger partial charge on any atom is -0.399 e. The van der Waals surface area contributed by atoms with Crippen molar-refractivity contribution in [3.8, 4) is 22.4 Å². The van der Waals surface area contributed by atoms with Crippen LogP contribution in [0.2, 0.25) is 0 Å². The molecule has 1 spiro atoms. The number of imidazole rings is 1. The molecule has 1 atom stereocenters. The lowest BCUT2D eigenvalue weighted by molar-refractivity contribution is 0.399. The van der Waals surface area contributed by atoms with Crippen LogP contribution in [-0.2, 0) is 11.8 Å². The predicted octanol–water partition coefficient (Wildman–Crippen LogP) is 6.25. The van der Waals surface area contributed by atoms with Gasteiger partial charge in [-0.1, -0.05) is 62.2 Å². The molecule has 33 heavy (non-hydrogen) atoms. The number of nitrogens with zero attached hydrogens (tertiary/aromatic N) is 1. The molecular weight excluding hydrogens is 404 g/mol. The van der Waals surface area contributed by atoms with Gasteiger partial charge >= 0.3 is 0 Å².